The van der Waals surface area contributed by atoms with Crippen molar-refractivity contribution in [2.75, 3.05) is 19.0 Å². The fourth-order valence-electron chi connectivity index (χ4n) is 2.62. The number of hydrogen-bond acceptors (Lipinski definition) is 4. The number of methoxy groups -OCH3 is 1. The van der Waals surface area contributed by atoms with Gasteiger partial charge in [-0.25, -0.2) is 4.39 Å². The Morgan fingerprint density at radius 3 is 2.71 bits per heavy atom. The molecule has 2 rings (SSSR count). The summed E-state index contributed by atoms with van der Waals surface area (Å²) in [6.07, 6.45) is 1.82. The zero-order chi connectivity index (χ0) is 15.5. The molecule has 0 bridgehead atoms. The number of ether oxygens (including phenoxy) is 1. The van der Waals surface area contributed by atoms with Gasteiger partial charge < -0.3 is 20.3 Å². The molecule has 21 heavy (non-hydrogen) atoms. The lowest BCUT2D eigenvalue weighted by Gasteiger charge is -2.35. The molecule has 0 spiro atoms. The number of carboxylic acids is 1. The van der Waals surface area contributed by atoms with E-state index >= 15 is 0 Å². The van der Waals surface area contributed by atoms with Crippen LogP contribution in [0.25, 0.3) is 0 Å². The minimum atomic E-state index is -0.923. The quantitative estimate of drug-likeness (QED) is 0.777. The summed E-state index contributed by atoms with van der Waals surface area (Å²) in [5, 5.41) is 22.5. The standard InChI is InChI=1S/C15H20FNO4/c1-21-13-8-11(2-3-12(13)16)17-9-15(20)6-4-10(5-7-15)14(18)19/h2-3,8,10,17,20H,4-7,9H2,1H3,(H,18,19). The number of aliphatic hydroxyl groups is 1. The molecular formula is C15H20FNO4. The van der Waals surface area contributed by atoms with Gasteiger partial charge in [-0.2, -0.15) is 0 Å². The maximum absolute atomic E-state index is 13.3. The zero-order valence-electron chi connectivity index (χ0n) is 11.9. The van der Waals surface area contributed by atoms with E-state index in [1.54, 1.807) is 6.07 Å². The van der Waals surface area contributed by atoms with Gasteiger partial charge in [-0.1, -0.05) is 0 Å². The van der Waals surface area contributed by atoms with Gasteiger partial charge in [-0.05, 0) is 37.8 Å². The largest absolute Gasteiger partial charge is 0.494 e. The molecule has 1 aliphatic carbocycles. The van der Waals surface area contributed by atoms with E-state index in [9.17, 15) is 14.3 Å². The van der Waals surface area contributed by atoms with Crippen LogP contribution in [-0.4, -0.2) is 35.4 Å². The van der Waals surface area contributed by atoms with Crippen LogP contribution >= 0.6 is 0 Å². The van der Waals surface area contributed by atoms with Gasteiger partial charge in [0.05, 0.1) is 18.6 Å². The maximum Gasteiger partial charge on any atom is 0.306 e. The fraction of sp³-hybridized carbons (Fsp3) is 0.533. The molecule has 1 fully saturated rings. The molecule has 5 nitrogen and oxygen atoms in total. The average molecular weight is 297 g/mol. The molecule has 0 unspecified atom stereocenters. The Balaban J connectivity index is 1.92. The van der Waals surface area contributed by atoms with Crippen molar-refractivity contribution in [1.82, 2.24) is 0 Å². The highest BCUT2D eigenvalue weighted by atomic mass is 19.1. The number of rotatable bonds is 5. The topological polar surface area (TPSA) is 78.8 Å². The smallest absolute Gasteiger partial charge is 0.306 e. The van der Waals surface area contributed by atoms with Gasteiger partial charge in [0.1, 0.15) is 0 Å². The number of benzene rings is 1. The van der Waals surface area contributed by atoms with Crippen molar-refractivity contribution in [3.8, 4) is 5.75 Å². The molecule has 0 aromatic heterocycles. The Bertz CT molecular complexity index is 512. The van der Waals surface area contributed by atoms with E-state index in [0.29, 0.717) is 37.9 Å². The van der Waals surface area contributed by atoms with Gasteiger partial charge in [0.25, 0.3) is 0 Å². The first kappa shape index (κ1) is 15.6. The van der Waals surface area contributed by atoms with Crippen LogP contribution in [-0.2, 0) is 4.79 Å². The Hall–Kier alpha value is -1.82. The van der Waals surface area contributed by atoms with Gasteiger partial charge >= 0.3 is 5.97 Å². The molecule has 1 aromatic carbocycles. The van der Waals surface area contributed by atoms with E-state index in [-0.39, 0.29) is 11.7 Å². The molecule has 0 radical (unpaired) electrons. The van der Waals surface area contributed by atoms with Crippen LogP contribution in [0.2, 0.25) is 0 Å². The monoisotopic (exact) mass is 297 g/mol. The summed E-state index contributed by atoms with van der Waals surface area (Å²) in [5.74, 6) is -1.46. The third kappa shape index (κ3) is 3.85. The summed E-state index contributed by atoms with van der Waals surface area (Å²) in [6.45, 7) is 0.300. The van der Waals surface area contributed by atoms with Gasteiger partial charge in [0, 0.05) is 18.3 Å². The Morgan fingerprint density at radius 1 is 1.48 bits per heavy atom. The number of halogens is 1. The molecule has 116 valence electrons. The van der Waals surface area contributed by atoms with Crippen molar-refractivity contribution in [3.63, 3.8) is 0 Å². The van der Waals surface area contributed by atoms with E-state index < -0.39 is 17.4 Å². The predicted octanol–water partition coefficient (Wildman–Crippen LogP) is 2.25. The highest BCUT2D eigenvalue weighted by molar-refractivity contribution is 5.70. The molecule has 1 aliphatic rings. The number of nitrogens with one attached hydrogen (secondary N) is 1. The summed E-state index contributed by atoms with van der Waals surface area (Å²) >= 11 is 0. The van der Waals surface area contributed by atoms with E-state index in [2.05, 4.69) is 5.32 Å². The lowest BCUT2D eigenvalue weighted by atomic mass is 9.79. The van der Waals surface area contributed by atoms with Crippen LogP contribution < -0.4 is 10.1 Å². The minimum Gasteiger partial charge on any atom is -0.494 e. The zero-order valence-corrected chi connectivity index (χ0v) is 11.9. The van der Waals surface area contributed by atoms with E-state index in [4.69, 9.17) is 9.84 Å². The number of carbonyl (C=O) groups is 1. The first-order chi connectivity index (χ1) is 9.93. The average Bonchev–Trinajstić information content (AvgIpc) is 2.47. The van der Waals surface area contributed by atoms with Crippen molar-refractivity contribution in [2.45, 2.75) is 31.3 Å². The van der Waals surface area contributed by atoms with E-state index in [0.717, 1.165) is 0 Å². The summed E-state index contributed by atoms with van der Waals surface area (Å²) in [4.78, 5) is 10.9. The van der Waals surface area contributed by atoms with E-state index in [1.165, 1.54) is 19.2 Å². The van der Waals surface area contributed by atoms with Gasteiger partial charge in [-0.3, -0.25) is 4.79 Å². The second-order valence-corrected chi connectivity index (χ2v) is 5.54. The second kappa shape index (κ2) is 6.30. The maximum atomic E-state index is 13.3. The Labute approximate surface area is 122 Å². The fourth-order valence-corrected chi connectivity index (χ4v) is 2.62. The molecule has 0 amide bonds. The van der Waals surface area contributed by atoms with Crippen LogP contribution in [0, 0.1) is 11.7 Å². The van der Waals surface area contributed by atoms with Crippen molar-refractivity contribution >= 4 is 11.7 Å². The minimum absolute atomic E-state index is 0.140. The second-order valence-electron chi connectivity index (χ2n) is 5.54. The summed E-state index contributed by atoms with van der Waals surface area (Å²) in [7, 11) is 1.39. The first-order valence-corrected chi connectivity index (χ1v) is 6.96. The number of anilines is 1. The third-order valence-electron chi connectivity index (χ3n) is 4.04. The number of hydrogen-bond donors (Lipinski definition) is 3. The predicted molar refractivity (Wildman–Crippen MR) is 76.0 cm³/mol. The van der Waals surface area contributed by atoms with Gasteiger partial charge in [0.15, 0.2) is 11.6 Å². The molecule has 1 saturated carbocycles. The Morgan fingerprint density at radius 2 is 2.14 bits per heavy atom. The van der Waals surface area contributed by atoms with Crippen LogP contribution in [0.3, 0.4) is 0 Å². The number of carboxylic acid groups (broad SMARTS) is 1. The lowest BCUT2D eigenvalue weighted by molar-refractivity contribution is -0.144. The molecule has 0 saturated heterocycles. The SMILES string of the molecule is COc1cc(NCC2(O)CCC(C(=O)O)CC2)ccc1F. The molecular weight excluding hydrogens is 277 g/mol. The van der Waals surface area contributed by atoms with Crippen LogP contribution in [0.5, 0.6) is 5.75 Å². The van der Waals surface area contributed by atoms with Gasteiger partial charge in [-0.15, -0.1) is 0 Å². The van der Waals surface area contributed by atoms with Crippen molar-refractivity contribution < 1.29 is 24.1 Å². The normalized spacial score (nSPS) is 25.4. The molecule has 0 aliphatic heterocycles. The molecule has 1 aromatic rings. The van der Waals surface area contributed by atoms with Crippen LogP contribution in [0.15, 0.2) is 18.2 Å². The highest BCUT2D eigenvalue weighted by Crippen LogP contribution is 2.32. The Kier molecular flexibility index (Phi) is 4.67. The lowest BCUT2D eigenvalue weighted by Crippen LogP contribution is -2.41. The molecule has 0 atom stereocenters. The highest BCUT2D eigenvalue weighted by Gasteiger charge is 2.35. The number of aliphatic carboxylic acids is 1. The molecule has 0 heterocycles. The van der Waals surface area contributed by atoms with Crippen molar-refractivity contribution in [3.05, 3.63) is 24.0 Å². The van der Waals surface area contributed by atoms with Crippen molar-refractivity contribution in [1.29, 1.82) is 0 Å². The first-order valence-electron chi connectivity index (χ1n) is 6.96. The summed E-state index contributed by atoms with van der Waals surface area (Å²) in [6, 6.07) is 4.40. The third-order valence-corrected chi connectivity index (χ3v) is 4.04. The van der Waals surface area contributed by atoms with Gasteiger partial charge in [0.2, 0.25) is 0 Å². The van der Waals surface area contributed by atoms with Crippen molar-refractivity contribution in [2.24, 2.45) is 5.92 Å². The molecule has 3 N–H and O–H groups in total. The summed E-state index contributed by atoms with van der Waals surface area (Å²) in [5.41, 5.74) is -0.268. The summed E-state index contributed by atoms with van der Waals surface area (Å²) < 4.78 is 18.2. The van der Waals surface area contributed by atoms with E-state index in [1.807, 2.05) is 0 Å². The van der Waals surface area contributed by atoms with Crippen LogP contribution in [0.1, 0.15) is 25.7 Å². The molecule has 6 heteroatoms. The van der Waals surface area contributed by atoms with Crippen LogP contribution in [0.4, 0.5) is 10.1 Å².